The number of nitrogens with two attached hydrogens (primary N) is 1. The molecule has 20 heavy (non-hydrogen) atoms. The highest BCUT2D eigenvalue weighted by atomic mass is 15.1. The molecule has 3 nitrogen and oxygen atoms in total. The van der Waals surface area contributed by atoms with E-state index in [1.54, 1.807) is 0 Å². The molecule has 1 heterocycles. The normalized spacial score (nSPS) is 18.1. The van der Waals surface area contributed by atoms with Gasteiger partial charge in [0.2, 0.25) is 0 Å². The molecule has 1 aliphatic carbocycles. The molecule has 0 radical (unpaired) electrons. The predicted octanol–water partition coefficient (Wildman–Crippen LogP) is 3.34. The van der Waals surface area contributed by atoms with E-state index in [9.17, 15) is 0 Å². The number of hydrogen-bond donors (Lipinski definition) is 1. The summed E-state index contributed by atoms with van der Waals surface area (Å²) in [6.45, 7) is 2.78. The highest BCUT2D eigenvalue weighted by molar-refractivity contribution is 5.39. The zero-order valence-corrected chi connectivity index (χ0v) is 12.2. The van der Waals surface area contributed by atoms with Crippen LogP contribution in [-0.2, 0) is 5.41 Å². The molecule has 0 bridgehead atoms. The van der Waals surface area contributed by atoms with E-state index in [2.05, 4.69) is 33.8 Å². The lowest BCUT2D eigenvalue weighted by Gasteiger charge is -2.37. The number of aryl methyl sites for hydroxylation is 1. The Bertz CT molecular complexity index is 562. The van der Waals surface area contributed by atoms with E-state index in [-0.39, 0.29) is 5.41 Å². The van der Waals surface area contributed by atoms with Gasteiger partial charge in [-0.25, -0.2) is 4.98 Å². The van der Waals surface area contributed by atoms with Gasteiger partial charge in [0.1, 0.15) is 5.82 Å². The van der Waals surface area contributed by atoms with E-state index in [0.29, 0.717) is 0 Å². The summed E-state index contributed by atoms with van der Waals surface area (Å²) in [5.74, 6) is 1.02. The van der Waals surface area contributed by atoms with Gasteiger partial charge < -0.3 is 10.3 Å². The minimum Gasteiger partial charge on any atom is -0.330 e. The summed E-state index contributed by atoms with van der Waals surface area (Å²) in [4.78, 5) is 4.28. The molecule has 106 valence electrons. The Morgan fingerprint density at radius 3 is 2.40 bits per heavy atom. The highest BCUT2D eigenvalue weighted by Crippen LogP contribution is 2.38. The maximum atomic E-state index is 6.11. The molecule has 2 aromatic rings. The lowest BCUT2D eigenvalue weighted by atomic mass is 9.69. The fraction of sp³-hybridized carbons (Fsp3) is 0.471. The molecule has 0 amide bonds. The first-order chi connectivity index (χ1) is 9.75. The molecule has 0 spiro atoms. The van der Waals surface area contributed by atoms with E-state index in [1.165, 1.54) is 43.4 Å². The van der Waals surface area contributed by atoms with Gasteiger partial charge in [-0.3, -0.25) is 0 Å². The molecular formula is C17H23N3. The van der Waals surface area contributed by atoms with Crippen molar-refractivity contribution in [1.29, 1.82) is 0 Å². The molecule has 0 atom stereocenters. The summed E-state index contributed by atoms with van der Waals surface area (Å²) < 4.78 is 2.11. The zero-order chi connectivity index (χ0) is 14.0. The van der Waals surface area contributed by atoms with Crippen molar-refractivity contribution in [1.82, 2.24) is 9.55 Å². The Morgan fingerprint density at radius 2 is 1.85 bits per heavy atom. The quantitative estimate of drug-likeness (QED) is 0.928. The van der Waals surface area contributed by atoms with Gasteiger partial charge in [-0.15, -0.1) is 0 Å². The largest absolute Gasteiger partial charge is 0.330 e. The van der Waals surface area contributed by atoms with Crippen molar-refractivity contribution in [3.05, 3.63) is 48.0 Å². The van der Waals surface area contributed by atoms with Crippen molar-refractivity contribution < 1.29 is 0 Å². The van der Waals surface area contributed by atoms with Crippen LogP contribution in [0.15, 0.2) is 36.7 Å². The van der Waals surface area contributed by atoms with Gasteiger partial charge >= 0.3 is 0 Å². The molecule has 1 saturated carbocycles. The second kappa shape index (κ2) is 5.41. The van der Waals surface area contributed by atoms with E-state index >= 15 is 0 Å². The van der Waals surface area contributed by atoms with Crippen molar-refractivity contribution >= 4 is 0 Å². The van der Waals surface area contributed by atoms with Crippen LogP contribution < -0.4 is 5.73 Å². The van der Waals surface area contributed by atoms with Crippen LogP contribution in [0, 0.1) is 6.92 Å². The SMILES string of the molecule is Cc1nccn1-c1ccc(C2(CN)CCCCC2)cc1. The van der Waals surface area contributed by atoms with Gasteiger partial charge in [0.05, 0.1) is 0 Å². The maximum Gasteiger partial charge on any atom is 0.110 e. The third-order valence-corrected chi connectivity index (χ3v) is 4.78. The monoisotopic (exact) mass is 269 g/mol. The van der Waals surface area contributed by atoms with Gasteiger partial charge in [-0.2, -0.15) is 0 Å². The summed E-state index contributed by atoms with van der Waals surface area (Å²) in [6.07, 6.45) is 10.3. The maximum absolute atomic E-state index is 6.11. The molecule has 3 rings (SSSR count). The first-order valence-electron chi connectivity index (χ1n) is 7.56. The number of nitrogens with zero attached hydrogens (tertiary/aromatic N) is 2. The Morgan fingerprint density at radius 1 is 1.15 bits per heavy atom. The number of hydrogen-bond acceptors (Lipinski definition) is 2. The number of benzene rings is 1. The standard InChI is InChI=1S/C17H23N3/c1-14-19-11-12-20(14)16-7-5-15(6-8-16)17(13-18)9-3-2-4-10-17/h5-8,11-12H,2-4,9-10,13,18H2,1H3. The minimum absolute atomic E-state index is 0.209. The van der Waals surface area contributed by atoms with Crippen molar-refractivity contribution in [3.63, 3.8) is 0 Å². The first-order valence-corrected chi connectivity index (χ1v) is 7.56. The van der Waals surface area contributed by atoms with Gasteiger partial charge in [0, 0.05) is 30.0 Å². The molecule has 3 heteroatoms. The highest BCUT2D eigenvalue weighted by Gasteiger charge is 2.32. The minimum atomic E-state index is 0.209. The van der Waals surface area contributed by atoms with E-state index in [1.807, 2.05) is 19.3 Å². The van der Waals surface area contributed by atoms with Gasteiger partial charge in [0.15, 0.2) is 0 Å². The van der Waals surface area contributed by atoms with Crippen molar-refractivity contribution in [2.24, 2.45) is 5.73 Å². The average Bonchev–Trinajstić information content (AvgIpc) is 2.94. The molecular weight excluding hydrogens is 246 g/mol. The Hall–Kier alpha value is -1.61. The molecule has 1 aromatic carbocycles. The van der Waals surface area contributed by atoms with E-state index in [0.717, 1.165) is 12.4 Å². The molecule has 1 fully saturated rings. The molecule has 0 aliphatic heterocycles. The second-order valence-electron chi connectivity index (χ2n) is 5.94. The summed E-state index contributed by atoms with van der Waals surface area (Å²) in [6, 6.07) is 8.89. The van der Waals surface area contributed by atoms with Crippen LogP contribution in [0.4, 0.5) is 0 Å². The molecule has 2 N–H and O–H groups in total. The molecule has 1 aliphatic rings. The van der Waals surface area contributed by atoms with Gasteiger partial charge in [0.25, 0.3) is 0 Å². The summed E-state index contributed by atoms with van der Waals surface area (Å²) in [5.41, 5.74) is 8.90. The van der Waals surface area contributed by atoms with Crippen LogP contribution in [0.3, 0.4) is 0 Å². The van der Waals surface area contributed by atoms with Crippen molar-refractivity contribution in [2.45, 2.75) is 44.4 Å². The van der Waals surface area contributed by atoms with Crippen LogP contribution in [0.25, 0.3) is 5.69 Å². The number of aromatic nitrogens is 2. The topological polar surface area (TPSA) is 43.8 Å². The van der Waals surface area contributed by atoms with Crippen LogP contribution >= 0.6 is 0 Å². The van der Waals surface area contributed by atoms with Crippen LogP contribution in [0.5, 0.6) is 0 Å². The number of imidazole rings is 1. The molecule has 0 saturated heterocycles. The van der Waals surface area contributed by atoms with Crippen LogP contribution in [0.2, 0.25) is 0 Å². The van der Waals surface area contributed by atoms with E-state index < -0.39 is 0 Å². The zero-order valence-electron chi connectivity index (χ0n) is 12.2. The Kier molecular flexibility index (Phi) is 3.62. The Labute approximate surface area is 120 Å². The second-order valence-corrected chi connectivity index (χ2v) is 5.94. The average molecular weight is 269 g/mol. The predicted molar refractivity (Wildman–Crippen MR) is 82.1 cm³/mol. The fourth-order valence-electron chi connectivity index (χ4n) is 3.47. The summed E-state index contributed by atoms with van der Waals surface area (Å²) in [7, 11) is 0. The summed E-state index contributed by atoms with van der Waals surface area (Å²) >= 11 is 0. The smallest absolute Gasteiger partial charge is 0.110 e. The summed E-state index contributed by atoms with van der Waals surface area (Å²) in [5, 5.41) is 0. The van der Waals surface area contributed by atoms with Gasteiger partial charge in [-0.1, -0.05) is 31.4 Å². The lowest BCUT2D eigenvalue weighted by molar-refractivity contribution is 0.301. The molecule has 0 unspecified atom stereocenters. The number of rotatable bonds is 3. The van der Waals surface area contributed by atoms with Crippen LogP contribution in [-0.4, -0.2) is 16.1 Å². The third kappa shape index (κ3) is 2.27. The molecule has 1 aromatic heterocycles. The Balaban J connectivity index is 1.91. The lowest BCUT2D eigenvalue weighted by Crippen LogP contribution is -2.37. The van der Waals surface area contributed by atoms with Gasteiger partial charge in [-0.05, 0) is 37.5 Å². The fourth-order valence-corrected chi connectivity index (χ4v) is 3.47. The third-order valence-electron chi connectivity index (χ3n) is 4.78. The van der Waals surface area contributed by atoms with Crippen molar-refractivity contribution in [2.75, 3.05) is 6.54 Å². The van der Waals surface area contributed by atoms with Crippen molar-refractivity contribution in [3.8, 4) is 5.69 Å². The van der Waals surface area contributed by atoms with E-state index in [4.69, 9.17) is 5.73 Å². The first kappa shape index (κ1) is 13.4. The van der Waals surface area contributed by atoms with Crippen LogP contribution in [0.1, 0.15) is 43.5 Å².